The number of ether oxygens (including phenoxy) is 1. The Hall–Kier alpha value is -2.64. The molecular weight excluding hydrogens is 438 g/mol. The maximum absolute atomic E-state index is 12.9. The molecular formula is C26H29NO5S. The quantitative estimate of drug-likeness (QED) is 0.546. The van der Waals surface area contributed by atoms with Crippen LogP contribution in [0.25, 0.3) is 10.9 Å². The van der Waals surface area contributed by atoms with Crippen LogP contribution in [-0.2, 0) is 30.6 Å². The predicted molar refractivity (Wildman–Crippen MR) is 127 cm³/mol. The lowest BCUT2D eigenvalue weighted by atomic mass is 9.64. The number of nitrogens with zero attached hydrogens (tertiary/aromatic N) is 1. The van der Waals surface area contributed by atoms with Crippen molar-refractivity contribution in [3.05, 3.63) is 71.9 Å². The number of hydrogen-bond acceptors (Lipinski definition) is 4. The van der Waals surface area contributed by atoms with Crippen molar-refractivity contribution in [3.63, 3.8) is 0 Å². The molecule has 1 N–H and O–H groups in total. The van der Waals surface area contributed by atoms with Gasteiger partial charge in [0.2, 0.25) is 10.0 Å². The van der Waals surface area contributed by atoms with Crippen LogP contribution in [0.1, 0.15) is 49.8 Å². The first-order chi connectivity index (χ1) is 15.8. The third-order valence-electron chi connectivity index (χ3n) is 7.40. The summed E-state index contributed by atoms with van der Waals surface area (Å²) in [6, 6.07) is 18.7. The van der Waals surface area contributed by atoms with Gasteiger partial charge in [-0.3, -0.25) is 4.79 Å². The molecule has 2 aromatic carbocycles. The fraction of sp³-hybridized carbons (Fsp3) is 0.423. The van der Waals surface area contributed by atoms with Gasteiger partial charge in [-0.25, -0.2) is 12.4 Å². The molecule has 2 saturated carbocycles. The van der Waals surface area contributed by atoms with Crippen LogP contribution in [0.5, 0.6) is 0 Å². The third-order valence-corrected chi connectivity index (χ3v) is 8.46. The minimum Gasteiger partial charge on any atom is -0.481 e. The molecule has 2 aliphatic carbocycles. The van der Waals surface area contributed by atoms with E-state index in [2.05, 4.69) is 0 Å². The Morgan fingerprint density at radius 3 is 2.27 bits per heavy atom. The van der Waals surface area contributed by atoms with E-state index in [9.17, 15) is 18.3 Å². The van der Waals surface area contributed by atoms with Gasteiger partial charge in [0.15, 0.2) is 0 Å². The number of aliphatic carboxylic acids is 1. The summed E-state index contributed by atoms with van der Waals surface area (Å²) in [6.45, 7) is 0.566. The second kappa shape index (κ2) is 7.99. The van der Waals surface area contributed by atoms with Gasteiger partial charge in [0, 0.05) is 5.39 Å². The lowest BCUT2D eigenvalue weighted by molar-refractivity contribution is -0.151. The average molecular weight is 468 g/mol. The van der Waals surface area contributed by atoms with Crippen molar-refractivity contribution in [2.75, 3.05) is 12.9 Å². The highest BCUT2D eigenvalue weighted by atomic mass is 32.2. The number of rotatable bonds is 7. The van der Waals surface area contributed by atoms with E-state index in [0.717, 1.165) is 23.8 Å². The van der Waals surface area contributed by atoms with Gasteiger partial charge in [-0.15, -0.1) is 0 Å². The second-order valence-corrected chi connectivity index (χ2v) is 11.4. The largest absolute Gasteiger partial charge is 0.481 e. The number of para-hydroxylation sites is 1. The summed E-state index contributed by atoms with van der Waals surface area (Å²) in [6.07, 6.45) is 5.08. The molecule has 0 saturated heterocycles. The van der Waals surface area contributed by atoms with Gasteiger partial charge < -0.3 is 9.84 Å². The number of carboxylic acids is 1. The fourth-order valence-electron chi connectivity index (χ4n) is 5.30. The number of hydrogen-bond donors (Lipinski definition) is 1. The van der Waals surface area contributed by atoms with Crippen molar-refractivity contribution in [2.24, 2.45) is 5.92 Å². The maximum atomic E-state index is 12.9. The van der Waals surface area contributed by atoms with E-state index in [1.807, 2.05) is 60.7 Å². The van der Waals surface area contributed by atoms with Gasteiger partial charge in [-0.05, 0) is 62.1 Å². The Morgan fingerprint density at radius 1 is 1.03 bits per heavy atom. The van der Waals surface area contributed by atoms with Crippen LogP contribution in [0.2, 0.25) is 0 Å². The van der Waals surface area contributed by atoms with Crippen molar-refractivity contribution in [3.8, 4) is 0 Å². The van der Waals surface area contributed by atoms with Crippen molar-refractivity contribution in [1.29, 1.82) is 0 Å². The van der Waals surface area contributed by atoms with E-state index < -0.39 is 27.0 Å². The Morgan fingerprint density at radius 2 is 1.67 bits per heavy atom. The topological polar surface area (TPSA) is 85.6 Å². The highest BCUT2D eigenvalue weighted by molar-refractivity contribution is 7.89. The summed E-state index contributed by atoms with van der Waals surface area (Å²) in [4.78, 5) is 12.5. The van der Waals surface area contributed by atoms with E-state index in [-0.39, 0.29) is 0 Å². The van der Waals surface area contributed by atoms with Crippen molar-refractivity contribution < 1.29 is 23.1 Å². The first kappa shape index (κ1) is 22.2. The smallest absolute Gasteiger partial charge is 0.314 e. The van der Waals surface area contributed by atoms with E-state index in [4.69, 9.17) is 4.74 Å². The summed E-state index contributed by atoms with van der Waals surface area (Å²) in [5, 5.41) is 11.1. The number of fused-ring (bicyclic) bond motifs is 1. The van der Waals surface area contributed by atoms with Crippen LogP contribution < -0.4 is 0 Å². The van der Waals surface area contributed by atoms with Crippen molar-refractivity contribution >= 4 is 26.9 Å². The summed E-state index contributed by atoms with van der Waals surface area (Å²) in [7, 11) is -3.60. The van der Waals surface area contributed by atoms with Gasteiger partial charge in [-0.2, -0.15) is 0 Å². The van der Waals surface area contributed by atoms with Crippen LogP contribution in [-0.4, -0.2) is 36.3 Å². The molecule has 7 heteroatoms. The zero-order valence-corrected chi connectivity index (χ0v) is 19.6. The van der Waals surface area contributed by atoms with E-state index in [1.165, 1.54) is 10.2 Å². The summed E-state index contributed by atoms with van der Waals surface area (Å²) in [5.74, 6) is -0.341. The zero-order valence-electron chi connectivity index (χ0n) is 18.7. The molecule has 0 amide bonds. The zero-order chi connectivity index (χ0) is 23.3. The minimum atomic E-state index is -3.60. The number of carboxylic acid groups (broad SMARTS) is 1. The molecule has 33 heavy (non-hydrogen) atoms. The predicted octanol–water partition coefficient (Wildman–Crippen LogP) is 4.67. The Balaban J connectivity index is 1.61. The molecule has 5 rings (SSSR count). The fourth-order valence-corrected chi connectivity index (χ4v) is 6.40. The Bertz CT molecular complexity index is 1280. The molecule has 1 heterocycles. The molecule has 0 unspecified atom stereocenters. The standard InChI is InChI=1S/C26H29NO5S/c1-33(30,31)27-22-10-6-5-7-20(22)17-23(27)26(32-18-19-11-12-19)15-13-25(14-16-26,24(28)29)21-8-3-2-4-9-21/h2-10,17,19H,11-16,18H2,1H3,(H,28,29)/t25-,26-. The maximum Gasteiger partial charge on any atom is 0.314 e. The molecule has 0 aliphatic heterocycles. The molecule has 6 nitrogen and oxygen atoms in total. The van der Waals surface area contributed by atoms with Crippen molar-refractivity contribution in [2.45, 2.75) is 49.5 Å². The molecule has 2 aliphatic rings. The monoisotopic (exact) mass is 467 g/mol. The van der Waals surface area contributed by atoms with E-state index in [1.54, 1.807) is 0 Å². The first-order valence-electron chi connectivity index (χ1n) is 11.5. The molecule has 174 valence electrons. The van der Waals surface area contributed by atoms with Gasteiger partial charge in [0.1, 0.15) is 5.60 Å². The second-order valence-electron chi connectivity index (χ2n) is 9.62. The third kappa shape index (κ3) is 3.87. The van der Waals surface area contributed by atoms with Crippen LogP contribution in [0.15, 0.2) is 60.7 Å². The minimum absolute atomic E-state index is 0.377. The first-order valence-corrected chi connectivity index (χ1v) is 13.3. The molecule has 0 radical (unpaired) electrons. The van der Waals surface area contributed by atoms with Gasteiger partial charge in [0.05, 0.1) is 29.5 Å². The molecule has 2 fully saturated rings. The van der Waals surface area contributed by atoms with Crippen LogP contribution in [0, 0.1) is 5.92 Å². The lowest BCUT2D eigenvalue weighted by Gasteiger charge is -2.45. The Kier molecular flexibility index (Phi) is 5.37. The van der Waals surface area contributed by atoms with E-state index in [0.29, 0.717) is 49.4 Å². The number of carbonyl (C=O) groups is 1. The van der Waals surface area contributed by atoms with Gasteiger partial charge in [0.25, 0.3) is 0 Å². The molecule has 1 aromatic heterocycles. The highest BCUT2D eigenvalue weighted by Crippen LogP contribution is 2.51. The normalized spacial score (nSPS) is 25.8. The van der Waals surface area contributed by atoms with Gasteiger partial charge in [-0.1, -0.05) is 48.5 Å². The highest BCUT2D eigenvalue weighted by Gasteiger charge is 2.51. The average Bonchev–Trinajstić information content (AvgIpc) is 3.54. The molecule has 3 aromatic rings. The molecule has 0 spiro atoms. The number of benzene rings is 2. The van der Waals surface area contributed by atoms with E-state index >= 15 is 0 Å². The lowest BCUT2D eigenvalue weighted by Crippen LogP contribution is -2.47. The summed E-state index contributed by atoms with van der Waals surface area (Å²) in [5.41, 5.74) is 0.173. The molecule has 0 atom stereocenters. The molecule has 0 bridgehead atoms. The van der Waals surface area contributed by atoms with Crippen molar-refractivity contribution in [1.82, 2.24) is 3.97 Å². The van der Waals surface area contributed by atoms with Crippen LogP contribution >= 0.6 is 0 Å². The SMILES string of the molecule is CS(=O)(=O)n1c2ccccc2cc1[C@]1(OCC2CC2)CC[C@@](C(=O)O)(c2ccccc2)CC1. The van der Waals surface area contributed by atoms with Crippen LogP contribution in [0.4, 0.5) is 0 Å². The van der Waals surface area contributed by atoms with Crippen LogP contribution in [0.3, 0.4) is 0 Å². The Labute approximate surface area is 194 Å². The van der Waals surface area contributed by atoms with Gasteiger partial charge >= 0.3 is 5.97 Å². The number of aromatic nitrogens is 1. The summed E-state index contributed by atoms with van der Waals surface area (Å²) >= 11 is 0. The summed E-state index contributed by atoms with van der Waals surface area (Å²) < 4.78 is 33.9.